The molecular weight excluding hydrogens is 316 g/mol. The first-order valence-electron chi connectivity index (χ1n) is 8.88. The first kappa shape index (κ1) is 15.9. The second-order valence-electron chi connectivity index (χ2n) is 6.96. The number of fused-ring (bicyclic) bond motifs is 1. The number of carbonyl (C=O) groups excluding carboxylic acids is 2. The molecule has 5 nitrogen and oxygen atoms in total. The zero-order chi connectivity index (χ0) is 17.4. The third-order valence-electron chi connectivity index (χ3n) is 5.22. The number of carbonyl (C=O) groups is 2. The third kappa shape index (κ3) is 3.06. The first-order chi connectivity index (χ1) is 12.1. The smallest absolute Gasteiger partial charge is 0.227 e. The predicted octanol–water partition coefficient (Wildman–Crippen LogP) is 3.00. The van der Waals surface area contributed by atoms with E-state index in [0.29, 0.717) is 12.3 Å². The SMILES string of the molecule is C[C@H](NC(=O)[C@@H]1CC(=O)N(c2ccc3c(c2)CCC3)C1)c1ccco1. The molecule has 2 amide bonds. The molecule has 1 N–H and O–H groups in total. The summed E-state index contributed by atoms with van der Waals surface area (Å²) in [4.78, 5) is 26.7. The molecule has 0 saturated carbocycles. The summed E-state index contributed by atoms with van der Waals surface area (Å²) >= 11 is 0. The van der Waals surface area contributed by atoms with Crippen molar-refractivity contribution in [3.8, 4) is 0 Å². The highest BCUT2D eigenvalue weighted by Crippen LogP contribution is 2.30. The lowest BCUT2D eigenvalue weighted by atomic mass is 10.1. The van der Waals surface area contributed by atoms with Crippen molar-refractivity contribution in [1.29, 1.82) is 0 Å². The maximum absolute atomic E-state index is 12.5. The molecule has 2 aliphatic rings. The van der Waals surface area contributed by atoms with Crippen LogP contribution in [0.5, 0.6) is 0 Å². The van der Waals surface area contributed by atoms with Gasteiger partial charge in [-0.2, -0.15) is 0 Å². The molecule has 0 unspecified atom stereocenters. The molecule has 1 aromatic heterocycles. The zero-order valence-corrected chi connectivity index (χ0v) is 14.3. The van der Waals surface area contributed by atoms with Gasteiger partial charge in [-0.15, -0.1) is 0 Å². The lowest BCUT2D eigenvalue weighted by Crippen LogP contribution is -2.34. The van der Waals surface area contributed by atoms with Gasteiger partial charge in [0, 0.05) is 18.7 Å². The van der Waals surface area contributed by atoms with E-state index in [-0.39, 0.29) is 30.2 Å². The van der Waals surface area contributed by atoms with Crippen molar-refractivity contribution >= 4 is 17.5 Å². The van der Waals surface area contributed by atoms with Gasteiger partial charge in [0.15, 0.2) is 0 Å². The normalized spacial score (nSPS) is 20.6. The Labute approximate surface area is 147 Å². The number of aryl methyl sites for hydroxylation is 2. The highest BCUT2D eigenvalue weighted by atomic mass is 16.3. The maximum atomic E-state index is 12.5. The zero-order valence-electron chi connectivity index (χ0n) is 14.3. The topological polar surface area (TPSA) is 62.6 Å². The van der Waals surface area contributed by atoms with E-state index in [2.05, 4.69) is 17.4 Å². The number of benzene rings is 1. The summed E-state index contributed by atoms with van der Waals surface area (Å²) in [6, 6.07) is 9.68. The minimum Gasteiger partial charge on any atom is -0.467 e. The third-order valence-corrected chi connectivity index (χ3v) is 5.22. The summed E-state index contributed by atoms with van der Waals surface area (Å²) in [5.41, 5.74) is 3.64. The standard InChI is InChI=1S/C20H22N2O3/c1-13(18-6-3-9-25-18)21-20(24)16-11-19(23)22(12-16)17-8-7-14-4-2-5-15(14)10-17/h3,6-10,13,16H,2,4-5,11-12H2,1H3,(H,21,24)/t13-,16+/m0/s1. The first-order valence-corrected chi connectivity index (χ1v) is 8.88. The lowest BCUT2D eigenvalue weighted by molar-refractivity contribution is -0.127. The van der Waals surface area contributed by atoms with Crippen molar-refractivity contribution < 1.29 is 14.0 Å². The van der Waals surface area contributed by atoms with Crippen LogP contribution in [0.2, 0.25) is 0 Å². The highest BCUT2D eigenvalue weighted by Gasteiger charge is 2.36. The van der Waals surface area contributed by atoms with E-state index in [9.17, 15) is 9.59 Å². The summed E-state index contributed by atoms with van der Waals surface area (Å²) in [6.45, 7) is 2.32. The average molecular weight is 338 g/mol. The fraction of sp³-hybridized carbons (Fsp3) is 0.400. The Bertz CT molecular complexity index is 797. The number of rotatable bonds is 4. The van der Waals surface area contributed by atoms with Gasteiger partial charge >= 0.3 is 0 Å². The van der Waals surface area contributed by atoms with E-state index in [0.717, 1.165) is 18.5 Å². The molecule has 1 aliphatic carbocycles. The molecule has 2 atom stereocenters. The Morgan fingerprint density at radius 1 is 1.28 bits per heavy atom. The van der Waals surface area contributed by atoms with Crippen molar-refractivity contribution in [2.24, 2.45) is 5.92 Å². The summed E-state index contributed by atoms with van der Waals surface area (Å²) in [7, 11) is 0. The highest BCUT2D eigenvalue weighted by molar-refractivity contribution is 6.00. The minimum atomic E-state index is -0.321. The molecule has 0 bridgehead atoms. The Morgan fingerprint density at radius 2 is 2.12 bits per heavy atom. The van der Waals surface area contributed by atoms with Crippen LogP contribution in [0.1, 0.15) is 42.7 Å². The van der Waals surface area contributed by atoms with Crippen LogP contribution in [0.25, 0.3) is 0 Å². The van der Waals surface area contributed by atoms with Crippen molar-refractivity contribution in [3.05, 3.63) is 53.5 Å². The number of hydrogen-bond acceptors (Lipinski definition) is 3. The molecule has 1 saturated heterocycles. The molecule has 1 fully saturated rings. The van der Waals surface area contributed by atoms with Gasteiger partial charge in [-0.1, -0.05) is 6.07 Å². The number of anilines is 1. The van der Waals surface area contributed by atoms with Gasteiger partial charge in [0.2, 0.25) is 11.8 Å². The van der Waals surface area contributed by atoms with Crippen LogP contribution >= 0.6 is 0 Å². The second kappa shape index (κ2) is 6.39. The van der Waals surface area contributed by atoms with Gasteiger partial charge in [-0.3, -0.25) is 9.59 Å². The van der Waals surface area contributed by atoms with Gasteiger partial charge in [0.25, 0.3) is 0 Å². The van der Waals surface area contributed by atoms with Gasteiger partial charge in [-0.05, 0) is 61.6 Å². The summed E-state index contributed by atoms with van der Waals surface area (Å²) < 4.78 is 5.32. The van der Waals surface area contributed by atoms with Crippen LogP contribution in [0, 0.1) is 5.92 Å². The molecule has 5 heteroatoms. The number of nitrogens with one attached hydrogen (secondary N) is 1. The second-order valence-corrected chi connectivity index (χ2v) is 6.96. The summed E-state index contributed by atoms with van der Waals surface area (Å²) in [5.74, 6) is 0.316. The number of nitrogens with zero attached hydrogens (tertiary/aromatic N) is 1. The van der Waals surface area contributed by atoms with Crippen LogP contribution < -0.4 is 10.2 Å². The van der Waals surface area contributed by atoms with E-state index in [1.807, 2.05) is 19.1 Å². The summed E-state index contributed by atoms with van der Waals surface area (Å²) in [6.07, 6.45) is 5.23. The van der Waals surface area contributed by atoms with E-state index < -0.39 is 0 Å². The van der Waals surface area contributed by atoms with Crippen molar-refractivity contribution in [3.63, 3.8) is 0 Å². The predicted molar refractivity (Wildman–Crippen MR) is 94.2 cm³/mol. The Balaban J connectivity index is 1.44. The van der Waals surface area contributed by atoms with Crippen LogP contribution in [0.15, 0.2) is 41.0 Å². The Kier molecular flexibility index (Phi) is 4.07. The largest absolute Gasteiger partial charge is 0.467 e. The van der Waals surface area contributed by atoms with E-state index in [4.69, 9.17) is 4.42 Å². The number of hydrogen-bond donors (Lipinski definition) is 1. The molecule has 4 rings (SSSR count). The van der Waals surface area contributed by atoms with Crippen LogP contribution in [0.4, 0.5) is 5.69 Å². The van der Waals surface area contributed by atoms with Gasteiger partial charge < -0.3 is 14.6 Å². The molecule has 2 heterocycles. The maximum Gasteiger partial charge on any atom is 0.227 e. The van der Waals surface area contributed by atoms with Crippen LogP contribution in [-0.4, -0.2) is 18.4 Å². The van der Waals surface area contributed by atoms with Gasteiger partial charge in [-0.25, -0.2) is 0 Å². The quantitative estimate of drug-likeness (QED) is 0.932. The molecule has 0 spiro atoms. The monoisotopic (exact) mass is 338 g/mol. The Morgan fingerprint density at radius 3 is 2.92 bits per heavy atom. The molecule has 1 aromatic carbocycles. The van der Waals surface area contributed by atoms with Gasteiger partial charge in [0.05, 0.1) is 18.2 Å². The average Bonchev–Trinajstić information content (AvgIpc) is 3.34. The van der Waals surface area contributed by atoms with E-state index in [1.165, 1.54) is 17.5 Å². The Hall–Kier alpha value is -2.56. The fourth-order valence-corrected chi connectivity index (χ4v) is 3.80. The molecule has 25 heavy (non-hydrogen) atoms. The fourth-order valence-electron chi connectivity index (χ4n) is 3.80. The minimum absolute atomic E-state index is 0.0174. The van der Waals surface area contributed by atoms with Crippen molar-refractivity contribution in [2.45, 2.75) is 38.6 Å². The van der Waals surface area contributed by atoms with Crippen LogP contribution in [0.3, 0.4) is 0 Å². The summed E-state index contributed by atoms with van der Waals surface area (Å²) in [5, 5.41) is 2.95. The molecular formula is C20H22N2O3. The number of furan rings is 1. The van der Waals surface area contributed by atoms with Crippen molar-refractivity contribution in [2.75, 3.05) is 11.4 Å². The lowest BCUT2D eigenvalue weighted by Gasteiger charge is -2.18. The van der Waals surface area contributed by atoms with Crippen molar-refractivity contribution in [1.82, 2.24) is 5.32 Å². The molecule has 130 valence electrons. The molecule has 1 aliphatic heterocycles. The van der Waals surface area contributed by atoms with Crippen LogP contribution in [-0.2, 0) is 22.4 Å². The van der Waals surface area contributed by atoms with E-state index in [1.54, 1.807) is 17.2 Å². The number of amides is 2. The molecule has 2 aromatic rings. The molecule has 0 radical (unpaired) electrons. The van der Waals surface area contributed by atoms with E-state index >= 15 is 0 Å². The van der Waals surface area contributed by atoms with Gasteiger partial charge in [0.1, 0.15) is 5.76 Å².